The van der Waals surface area contributed by atoms with Gasteiger partial charge in [-0.2, -0.15) is 0 Å². The lowest BCUT2D eigenvalue weighted by Crippen LogP contribution is -2.48. The molecule has 5 nitrogen and oxygen atoms in total. The van der Waals surface area contributed by atoms with E-state index in [0.717, 1.165) is 6.07 Å². The van der Waals surface area contributed by atoms with Crippen molar-refractivity contribution in [1.82, 2.24) is 9.80 Å². The first-order valence-electron chi connectivity index (χ1n) is 8.08. The summed E-state index contributed by atoms with van der Waals surface area (Å²) in [5, 5.41) is 8.93. The van der Waals surface area contributed by atoms with Crippen LogP contribution in [0.1, 0.15) is 25.3 Å². The van der Waals surface area contributed by atoms with E-state index in [1.165, 1.54) is 12.1 Å². The van der Waals surface area contributed by atoms with E-state index in [9.17, 15) is 18.4 Å². The molecule has 1 amide bonds. The van der Waals surface area contributed by atoms with Gasteiger partial charge in [0.2, 0.25) is 5.91 Å². The summed E-state index contributed by atoms with van der Waals surface area (Å²) >= 11 is 0. The summed E-state index contributed by atoms with van der Waals surface area (Å²) in [6, 6.07) is 3.95. The van der Waals surface area contributed by atoms with E-state index >= 15 is 0 Å². The second kappa shape index (κ2) is 8.19. The number of carboxylic acids is 1. The number of hydrogen-bond acceptors (Lipinski definition) is 3. The van der Waals surface area contributed by atoms with E-state index in [0.29, 0.717) is 32.5 Å². The Morgan fingerprint density at radius 1 is 1.29 bits per heavy atom. The lowest BCUT2D eigenvalue weighted by atomic mass is 10.0. The Morgan fingerprint density at radius 3 is 2.54 bits per heavy atom. The van der Waals surface area contributed by atoms with Crippen molar-refractivity contribution >= 4 is 11.9 Å². The SMILES string of the molecule is CCN(CC(=O)O)C1CCN(C(=O)Cc2cccc(F)c2F)CC1. The van der Waals surface area contributed by atoms with Gasteiger partial charge in [0.05, 0.1) is 13.0 Å². The molecule has 0 spiro atoms. The number of nitrogens with zero attached hydrogens (tertiary/aromatic N) is 2. The minimum absolute atomic E-state index is 0.0103. The molecule has 1 N–H and O–H groups in total. The van der Waals surface area contributed by atoms with Crippen molar-refractivity contribution in [2.45, 2.75) is 32.2 Å². The van der Waals surface area contributed by atoms with Gasteiger partial charge in [-0.15, -0.1) is 0 Å². The molecule has 0 aliphatic carbocycles. The monoisotopic (exact) mass is 340 g/mol. The normalized spacial score (nSPS) is 15.8. The Balaban J connectivity index is 1.90. The highest BCUT2D eigenvalue weighted by Crippen LogP contribution is 2.18. The van der Waals surface area contributed by atoms with Crippen LogP contribution in [0.5, 0.6) is 0 Å². The molecule has 0 radical (unpaired) electrons. The third-order valence-corrected chi connectivity index (χ3v) is 4.45. The maximum Gasteiger partial charge on any atom is 0.317 e. The lowest BCUT2D eigenvalue weighted by Gasteiger charge is -2.37. The first-order valence-corrected chi connectivity index (χ1v) is 8.08. The molecule has 1 aromatic rings. The van der Waals surface area contributed by atoms with Gasteiger partial charge in [-0.1, -0.05) is 19.1 Å². The molecule has 1 heterocycles. The van der Waals surface area contributed by atoms with E-state index in [1.54, 1.807) is 4.90 Å². The number of amides is 1. The lowest BCUT2D eigenvalue weighted by molar-refractivity contribution is -0.140. The van der Waals surface area contributed by atoms with Crippen LogP contribution >= 0.6 is 0 Å². The zero-order valence-corrected chi connectivity index (χ0v) is 13.7. The Hall–Kier alpha value is -2.02. The van der Waals surface area contributed by atoms with Gasteiger partial charge in [0.15, 0.2) is 11.6 Å². The zero-order valence-electron chi connectivity index (χ0n) is 13.7. The second-order valence-corrected chi connectivity index (χ2v) is 5.96. The number of likely N-dealkylation sites (tertiary alicyclic amines) is 1. The molecule has 1 fully saturated rings. The topological polar surface area (TPSA) is 60.9 Å². The molecular formula is C17H22F2N2O3. The van der Waals surface area contributed by atoms with E-state index in [-0.39, 0.29) is 30.5 Å². The number of hydrogen-bond donors (Lipinski definition) is 1. The van der Waals surface area contributed by atoms with Crippen LogP contribution in [-0.4, -0.2) is 59.0 Å². The van der Waals surface area contributed by atoms with Crippen molar-refractivity contribution in [2.75, 3.05) is 26.2 Å². The number of rotatable bonds is 6. The molecule has 132 valence electrons. The van der Waals surface area contributed by atoms with Gasteiger partial charge in [-0.3, -0.25) is 14.5 Å². The highest BCUT2D eigenvalue weighted by molar-refractivity contribution is 5.79. The van der Waals surface area contributed by atoms with Crippen LogP contribution in [0.3, 0.4) is 0 Å². The Bertz CT molecular complexity index is 601. The van der Waals surface area contributed by atoms with E-state index < -0.39 is 17.6 Å². The van der Waals surface area contributed by atoms with Crippen LogP contribution in [0.25, 0.3) is 0 Å². The van der Waals surface area contributed by atoms with Crippen molar-refractivity contribution in [3.8, 4) is 0 Å². The Kier molecular flexibility index (Phi) is 6.25. The Morgan fingerprint density at radius 2 is 1.96 bits per heavy atom. The molecule has 0 saturated carbocycles. The summed E-state index contributed by atoms with van der Waals surface area (Å²) < 4.78 is 26.9. The predicted octanol–water partition coefficient (Wildman–Crippen LogP) is 1.90. The molecule has 24 heavy (non-hydrogen) atoms. The van der Waals surface area contributed by atoms with Gasteiger partial charge < -0.3 is 10.0 Å². The molecule has 0 unspecified atom stereocenters. The van der Waals surface area contributed by atoms with Gasteiger partial charge in [-0.25, -0.2) is 8.78 Å². The molecule has 0 aromatic heterocycles. The number of piperidine rings is 1. The summed E-state index contributed by atoms with van der Waals surface area (Å²) in [5.74, 6) is -3.03. The maximum absolute atomic E-state index is 13.7. The third kappa shape index (κ3) is 4.50. The van der Waals surface area contributed by atoms with Crippen LogP contribution in [0.4, 0.5) is 8.78 Å². The van der Waals surface area contributed by atoms with Crippen molar-refractivity contribution < 1.29 is 23.5 Å². The van der Waals surface area contributed by atoms with Crippen LogP contribution in [0.15, 0.2) is 18.2 Å². The number of aliphatic carboxylic acids is 1. The molecular weight excluding hydrogens is 318 g/mol. The maximum atomic E-state index is 13.7. The summed E-state index contributed by atoms with van der Waals surface area (Å²) in [5.41, 5.74) is 0.0585. The summed E-state index contributed by atoms with van der Waals surface area (Å²) in [6.07, 6.45) is 1.19. The molecule has 1 aromatic carbocycles. The fraction of sp³-hybridized carbons (Fsp3) is 0.529. The number of benzene rings is 1. The molecule has 0 atom stereocenters. The minimum Gasteiger partial charge on any atom is -0.480 e. The second-order valence-electron chi connectivity index (χ2n) is 5.96. The van der Waals surface area contributed by atoms with Crippen LogP contribution in [0.2, 0.25) is 0 Å². The average Bonchev–Trinajstić information content (AvgIpc) is 2.57. The summed E-state index contributed by atoms with van der Waals surface area (Å²) in [7, 11) is 0. The zero-order chi connectivity index (χ0) is 17.7. The molecule has 1 aliphatic rings. The smallest absolute Gasteiger partial charge is 0.317 e. The van der Waals surface area contributed by atoms with Gasteiger partial charge in [0.25, 0.3) is 0 Å². The summed E-state index contributed by atoms with van der Waals surface area (Å²) in [4.78, 5) is 26.7. The molecule has 1 aliphatic heterocycles. The van der Waals surface area contributed by atoms with E-state index in [2.05, 4.69) is 0 Å². The average molecular weight is 340 g/mol. The molecule has 7 heteroatoms. The van der Waals surface area contributed by atoms with Crippen molar-refractivity contribution in [1.29, 1.82) is 0 Å². The summed E-state index contributed by atoms with van der Waals surface area (Å²) in [6.45, 7) is 3.53. The number of halogens is 2. The minimum atomic E-state index is -0.973. The number of carbonyl (C=O) groups is 2. The number of carboxylic acid groups (broad SMARTS) is 1. The van der Waals surface area contributed by atoms with Crippen LogP contribution < -0.4 is 0 Å². The molecule has 0 bridgehead atoms. The van der Waals surface area contributed by atoms with Gasteiger partial charge in [0.1, 0.15) is 0 Å². The first kappa shape index (κ1) is 18.3. The Labute approximate surface area is 139 Å². The number of carbonyl (C=O) groups excluding carboxylic acids is 1. The van der Waals surface area contributed by atoms with Crippen molar-refractivity contribution in [3.63, 3.8) is 0 Å². The first-order chi connectivity index (χ1) is 11.4. The fourth-order valence-electron chi connectivity index (χ4n) is 3.11. The van der Waals surface area contributed by atoms with Gasteiger partial charge in [-0.05, 0) is 25.5 Å². The fourth-order valence-corrected chi connectivity index (χ4v) is 3.11. The van der Waals surface area contributed by atoms with Gasteiger partial charge in [0, 0.05) is 24.7 Å². The largest absolute Gasteiger partial charge is 0.480 e. The van der Waals surface area contributed by atoms with Crippen LogP contribution in [0, 0.1) is 11.6 Å². The standard InChI is InChI=1S/C17H22F2N2O3/c1-2-20(11-16(23)24)13-6-8-21(9-7-13)15(22)10-12-4-3-5-14(18)17(12)19/h3-5,13H,2,6-11H2,1H3,(H,23,24). The quantitative estimate of drug-likeness (QED) is 0.859. The number of likely N-dealkylation sites (N-methyl/N-ethyl adjacent to an activating group) is 1. The van der Waals surface area contributed by atoms with Crippen LogP contribution in [-0.2, 0) is 16.0 Å². The highest BCUT2D eigenvalue weighted by Gasteiger charge is 2.27. The highest BCUT2D eigenvalue weighted by atomic mass is 19.2. The van der Waals surface area contributed by atoms with Gasteiger partial charge >= 0.3 is 5.97 Å². The third-order valence-electron chi connectivity index (χ3n) is 4.45. The molecule has 1 saturated heterocycles. The predicted molar refractivity (Wildman–Crippen MR) is 84.5 cm³/mol. The van der Waals surface area contributed by atoms with Crippen molar-refractivity contribution in [2.24, 2.45) is 0 Å². The van der Waals surface area contributed by atoms with Crippen molar-refractivity contribution in [3.05, 3.63) is 35.4 Å². The van der Waals surface area contributed by atoms with E-state index in [1.807, 2.05) is 11.8 Å². The van der Waals surface area contributed by atoms with E-state index in [4.69, 9.17) is 5.11 Å². The molecule has 2 rings (SSSR count).